The summed E-state index contributed by atoms with van der Waals surface area (Å²) < 4.78 is 4.79. The van der Waals surface area contributed by atoms with Crippen LogP contribution in [0.4, 0.5) is 4.79 Å². The monoisotopic (exact) mass is 262 g/mol. The van der Waals surface area contributed by atoms with Gasteiger partial charge < -0.3 is 15.0 Å². The van der Waals surface area contributed by atoms with Crippen LogP contribution in [0.25, 0.3) is 0 Å². The lowest BCUT2D eigenvalue weighted by Crippen LogP contribution is -2.31. The molecule has 1 aliphatic heterocycles. The third-order valence-corrected chi connectivity index (χ3v) is 3.06. The standard InChI is InChI=1S/C14H18N2O3/c1-11-2-4-12(5-3-11)10-15-13(17)6-7-16-8-9-19-14(16)18/h2-5H,6-10H2,1H3,(H,15,17). The minimum absolute atomic E-state index is 0.0553. The second kappa shape index (κ2) is 6.22. The summed E-state index contributed by atoms with van der Waals surface area (Å²) in [5.74, 6) is -0.0553. The van der Waals surface area contributed by atoms with Crippen LogP contribution in [-0.2, 0) is 16.1 Å². The van der Waals surface area contributed by atoms with Gasteiger partial charge in [0.15, 0.2) is 0 Å². The number of nitrogens with one attached hydrogen (secondary N) is 1. The fourth-order valence-electron chi connectivity index (χ4n) is 1.86. The van der Waals surface area contributed by atoms with Crippen molar-refractivity contribution in [1.29, 1.82) is 0 Å². The van der Waals surface area contributed by atoms with Gasteiger partial charge in [-0.2, -0.15) is 0 Å². The number of carbonyl (C=O) groups excluding carboxylic acids is 2. The summed E-state index contributed by atoms with van der Waals surface area (Å²) in [6, 6.07) is 8.02. The van der Waals surface area contributed by atoms with E-state index in [-0.39, 0.29) is 12.0 Å². The molecule has 0 unspecified atom stereocenters. The lowest BCUT2D eigenvalue weighted by atomic mass is 10.1. The van der Waals surface area contributed by atoms with Gasteiger partial charge in [0.05, 0.1) is 6.54 Å². The maximum Gasteiger partial charge on any atom is 0.409 e. The van der Waals surface area contributed by atoms with Gasteiger partial charge in [-0.15, -0.1) is 0 Å². The van der Waals surface area contributed by atoms with Gasteiger partial charge in [-0.1, -0.05) is 29.8 Å². The van der Waals surface area contributed by atoms with E-state index in [0.29, 0.717) is 32.7 Å². The van der Waals surface area contributed by atoms with Crippen LogP contribution in [0.5, 0.6) is 0 Å². The second-order valence-electron chi connectivity index (χ2n) is 4.61. The molecular weight excluding hydrogens is 244 g/mol. The highest BCUT2D eigenvalue weighted by Crippen LogP contribution is 2.05. The van der Waals surface area contributed by atoms with E-state index in [1.165, 1.54) is 5.56 Å². The van der Waals surface area contributed by atoms with Crippen LogP contribution in [-0.4, -0.2) is 36.6 Å². The summed E-state index contributed by atoms with van der Waals surface area (Å²) >= 11 is 0. The van der Waals surface area contributed by atoms with Crippen LogP contribution in [0.3, 0.4) is 0 Å². The molecule has 0 radical (unpaired) electrons. The van der Waals surface area contributed by atoms with Gasteiger partial charge in [-0.3, -0.25) is 4.79 Å². The maximum absolute atomic E-state index is 11.7. The van der Waals surface area contributed by atoms with E-state index in [0.717, 1.165) is 5.56 Å². The predicted octanol–water partition coefficient (Wildman–Crippen LogP) is 1.45. The molecule has 0 bridgehead atoms. The number of nitrogens with zero attached hydrogens (tertiary/aromatic N) is 1. The molecule has 1 aliphatic rings. The second-order valence-corrected chi connectivity index (χ2v) is 4.61. The van der Waals surface area contributed by atoms with E-state index in [1.807, 2.05) is 31.2 Å². The Bertz CT molecular complexity index is 456. The zero-order chi connectivity index (χ0) is 13.7. The first kappa shape index (κ1) is 13.4. The van der Waals surface area contributed by atoms with Crippen molar-refractivity contribution in [2.45, 2.75) is 19.9 Å². The van der Waals surface area contributed by atoms with E-state index in [4.69, 9.17) is 4.74 Å². The molecule has 19 heavy (non-hydrogen) atoms. The van der Waals surface area contributed by atoms with Crippen LogP contribution in [0.2, 0.25) is 0 Å². The summed E-state index contributed by atoms with van der Waals surface area (Å²) in [6.07, 6.45) is -0.0210. The molecule has 2 rings (SSSR count). The molecule has 2 amide bonds. The average molecular weight is 262 g/mol. The molecule has 1 aromatic carbocycles. The average Bonchev–Trinajstić information content (AvgIpc) is 2.81. The van der Waals surface area contributed by atoms with Gasteiger partial charge in [-0.25, -0.2) is 4.79 Å². The Morgan fingerprint density at radius 2 is 2.11 bits per heavy atom. The van der Waals surface area contributed by atoms with Crippen molar-refractivity contribution in [3.05, 3.63) is 35.4 Å². The van der Waals surface area contributed by atoms with Gasteiger partial charge in [0.2, 0.25) is 5.91 Å². The molecule has 1 heterocycles. The highest BCUT2D eigenvalue weighted by atomic mass is 16.6. The number of hydrogen-bond donors (Lipinski definition) is 1. The summed E-state index contributed by atoms with van der Waals surface area (Å²) in [6.45, 7) is 3.95. The quantitative estimate of drug-likeness (QED) is 0.873. The minimum Gasteiger partial charge on any atom is -0.448 e. The van der Waals surface area contributed by atoms with E-state index in [2.05, 4.69) is 5.32 Å². The number of amides is 2. The Labute approximate surface area is 112 Å². The lowest BCUT2D eigenvalue weighted by Gasteiger charge is -2.12. The molecule has 0 spiro atoms. The molecule has 102 valence electrons. The van der Waals surface area contributed by atoms with Gasteiger partial charge in [0, 0.05) is 19.5 Å². The molecular formula is C14H18N2O3. The zero-order valence-corrected chi connectivity index (χ0v) is 11.0. The Kier molecular flexibility index (Phi) is 4.39. The highest BCUT2D eigenvalue weighted by molar-refractivity contribution is 5.77. The van der Waals surface area contributed by atoms with Crippen LogP contribution in [0, 0.1) is 6.92 Å². The van der Waals surface area contributed by atoms with Crippen LogP contribution < -0.4 is 5.32 Å². The fraction of sp³-hybridized carbons (Fsp3) is 0.429. The summed E-state index contributed by atoms with van der Waals surface area (Å²) in [5.41, 5.74) is 2.27. The molecule has 1 N–H and O–H groups in total. The molecule has 1 saturated heterocycles. The number of hydrogen-bond acceptors (Lipinski definition) is 3. The minimum atomic E-state index is -0.327. The molecule has 0 aliphatic carbocycles. The lowest BCUT2D eigenvalue weighted by molar-refractivity contribution is -0.121. The zero-order valence-electron chi connectivity index (χ0n) is 11.0. The first-order chi connectivity index (χ1) is 9.15. The molecule has 1 fully saturated rings. The predicted molar refractivity (Wildman–Crippen MR) is 70.6 cm³/mol. The van der Waals surface area contributed by atoms with E-state index in [1.54, 1.807) is 4.90 Å². The third kappa shape index (κ3) is 3.98. The number of rotatable bonds is 5. The van der Waals surface area contributed by atoms with Crippen LogP contribution in [0.1, 0.15) is 17.5 Å². The Balaban J connectivity index is 1.69. The number of cyclic esters (lactones) is 1. The van der Waals surface area contributed by atoms with Crippen molar-refractivity contribution < 1.29 is 14.3 Å². The number of benzene rings is 1. The smallest absolute Gasteiger partial charge is 0.409 e. The molecule has 0 atom stereocenters. The SMILES string of the molecule is Cc1ccc(CNC(=O)CCN2CCOC2=O)cc1. The first-order valence-corrected chi connectivity index (χ1v) is 6.39. The molecule has 5 nitrogen and oxygen atoms in total. The van der Waals surface area contributed by atoms with Gasteiger partial charge in [0.1, 0.15) is 6.61 Å². The topological polar surface area (TPSA) is 58.6 Å². The Morgan fingerprint density at radius 3 is 2.74 bits per heavy atom. The van der Waals surface area contributed by atoms with Crippen LogP contribution >= 0.6 is 0 Å². The molecule has 1 aromatic rings. The van der Waals surface area contributed by atoms with E-state index in [9.17, 15) is 9.59 Å². The summed E-state index contributed by atoms with van der Waals surface area (Å²) in [4.78, 5) is 24.4. The van der Waals surface area contributed by atoms with Crippen molar-refractivity contribution in [3.63, 3.8) is 0 Å². The molecule has 5 heteroatoms. The number of ether oxygens (including phenoxy) is 1. The molecule has 0 saturated carbocycles. The van der Waals surface area contributed by atoms with E-state index >= 15 is 0 Å². The van der Waals surface area contributed by atoms with Gasteiger partial charge >= 0.3 is 6.09 Å². The van der Waals surface area contributed by atoms with Crippen molar-refractivity contribution in [2.75, 3.05) is 19.7 Å². The van der Waals surface area contributed by atoms with Crippen molar-refractivity contribution in [1.82, 2.24) is 10.2 Å². The number of aryl methyl sites for hydroxylation is 1. The first-order valence-electron chi connectivity index (χ1n) is 6.39. The maximum atomic E-state index is 11.7. The van der Waals surface area contributed by atoms with Crippen molar-refractivity contribution >= 4 is 12.0 Å². The Hall–Kier alpha value is -2.04. The summed E-state index contributed by atoms with van der Waals surface area (Å²) in [5, 5.41) is 2.84. The molecule has 0 aromatic heterocycles. The van der Waals surface area contributed by atoms with Crippen molar-refractivity contribution in [2.24, 2.45) is 0 Å². The highest BCUT2D eigenvalue weighted by Gasteiger charge is 2.21. The van der Waals surface area contributed by atoms with E-state index < -0.39 is 0 Å². The van der Waals surface area contributed by atoms with Crippen molar-refractivity contribution in [3.8, 4) is 0 Å². The Morgan fingerprint density at radius 1 is 1.37 bits per heavy atom. The van der Waals surface area contributed by atoms with Gasteiger partial charge in [0.25, 0.3) is 0 Å². The number of carbonyl (C=O) groups is 2. The largest absolute Gasteiger partial charge is 0.448 e. The van der Waals surface area contributed by atoms with Crippen LogP contribution in [0.15, 0.2) is 24.3 Å². The fourth-order valence-corrected chi connectivity index (χ4v) is 1.86. The third-order valence-electron chi connectivity index (χ3n) is 3.06. The van der Waals surface area contributed by atoms with Gasteiger partial charge in [-0.05, 0) is 12.5 Å². The normalized spacial score (nSPS) is 14.4. The summed E-state index contributed by atoms with van der Waals surface area (Å²) in [7, 11) is 0.